The number of allylic oxidation sites excluding steroid dienone is 6. The summed E-state index contributed by atoms with van der Waals surface area (Å²) >= 11 is 0. The fourth-order valence-corrected chi connectivity index (χ4v) is 10.9. The average Bonchev–Trinajstić information content (AvgIpc) is 3.93. The van der Waals surface area contributed by atoms with Crippen LogP contribution in [0.2, 0.25) is 0 Å². The van der Waals surface area contributed by atoms with Crippen molar-refractivity contribution in [2.45, 2.75) is 6.42 Å². The van der Waals surface area contributed by atoms with Gasteiger partial charge in [0.15, 0.2) is 0 Å². The van der Waals surface area contributed by atoms with Crippen LogP contribution in [0.4, 0.5) is 17.1 Å². The monoisotopic (exact) mass is 878 g/mol. The van der Waals surface area contributed by atoms with Gasteiger partial charge in [-0.1, -0.05) is 195 Å². The van der Waals surface area contributed by atoms with Gasteiger partial charge in [-0.25, -0.2) is 0 Å². The maximum absolute atomic E-state index is 4.74. The number of nitrogens with zero attached hydrogens (tertiary/aromatic N) is 2. The van der Waals surface area contributed by atoms with Crippen LogP contribution in [0.1, 0.15) is 22.3 Å². The van der Waals surface area contributed by atoms with Crippen molar-refractivity contribution in [3.63, 3.8) is 0 Å². The molecule has 0 radical (unpaired) electrons. The summed E-state index contributed by atoms with van der Waals surface area (Å²) in [6.07, 6.45) is 9.52. The first-order valence-electron chi connectivity index (χ1n) is 23.8. The molecule has 2 heteroatoms. The maximum Gasteiger partial charge on any atom is 0.0542 e. The number of rotatable bonds is 6. The predicted molar refractivity (Wildman–Crippen MR) is 293 cm³/mol. The number of para-hydroxylation sites is 1. The molecule has 0 aliphatic heterocycles. The van der Waals surface area contributed by atoms with E-state index < -0.39 is 0 Å². The third kappa shape index (κ3) is 6.96. The number of benzene rings is 10. The second-order valence-corrected chi connectivity index (χ2v) is 18.1. The van der Waals surface area contributed by atoms with Gasteiger partial charge >= 0.3 is 0 Å². The Morgan fingerprint density at radius 2 is 1.01 bits per heavy atom. The van der Waals surface area contributed by atoms with Crippen molar-refractivity contribution >= 4 is 60.8 Å². The van der Waals surface area contributed by atoms with E-state index in [1.54, 1.807) is 0 Å². The second kappa shape index (κ2) is 16.7. The minimum absolute atomic E-state index is 0.846. The minimum Gasteiger partial charge on any atom is -0.310 e. The van der Waals surface area contributed by atoms with Crippen LogP contribution in [-0.4, -0.2) is 4.57 Å². The Bertz CT molecular complexity index is 3930. The van der Waals surface area contributed by atoms with E-state index in [1.165, 1.54) is 99.4 Å². The number of fused-ring (bicyclic) bond motifs is 8. The first-order valence-corrected chi connectivity index (χ1v) is 23.8. The van der Waals surface area contributed by atoms with Gasteiger partial charge in [-0.3, -0.25) is 0 Å². The summed E-state index contributed by atoms with van der Waals surface area (Å²) in [4.78, 5) is 2.44. The van der Waals surface area contributed by atoms with Crippen LogP contribution in [0.3, 0.4) is 0 Å². The standard InChI is InChI=1S/C67H46N2/c1-45-17-4-2-7-21-49-22-10-11-26-57(49)66(45)67-61-29-13-12-27-58(61)59-39-37-55(44-63(59)67)68(53-34-31-48(32-35-53)51-25-16-24-50(41-51)46-18-5-3-6-19-46)56-38-40-65-62(43-56)60-28-14-15-30-64(60)69(65)54-36-33-47-20-8-9-23-52(47)42-54/h2-20,22-44H,1,21H2/b7-2-,17-4-,67-66+. The van der Waals surface area contributed by atoms with Gasteiger partial charge in [-0.05, 0) is 156 Å². The molecular weight excluding hydrogens is 833 g/mol. The fraction of sp³-hybridized carbons (Fsp3) is 0.0149. The van der Waals surface area contributed by atoms with Crippen LogP contribution in [0.15, 0.2) is 267 Å². The highest BCUT2D eigenvalue weighted by Gasteiger charge is 2.30. The molecule has 10 aromatic carbocycles. The lowest BCUT2D eigenvalue weighted by Gasteiger charge is -2.27. The molecule has 69 heavy (non-hydrogen) atoms. The summed E-state index contributed by atoms with van der Waals surface area (Å²) in [5.74, 6) is 0. The lowest BCUT2D eigenvalue weighted by molar-refractivity contribution is 1.18. The Balaban J connectivity index is 1.02. The van der Waals surface area contributed by atoms with Crippen LogP contribution >= 0.6 is 0 Å². The highest BCUT2D eigenvalue weighted by molar-refractivity contribution is 6.15. The van der Waals surface area contributed by atoms with E-state index in [-0.39, 0.29) is 0 Å². The van der Waals surface area contributed by atoms with Crippen molar-refractivity contribution in [1.82, 2.24) is 4.57 Å². The molecule has 1 heterocycles. The van der Waals surface area contributed by atoms with Gasteiger partial charge in [0.25, 0.3) is 0 Å². The Morgan fingerprint density at radius 3 is 1.87 bits per heavy atom. The van der Waals surface area contributed by atoms with E-state index in [0.29, 0.717) is 0 Å². The highest BCUT2D eigenvalue weighted by atomic mass is 15.1. The van der Waals surface area contributed by atoms with Gasteiger partial charge in [0.1, 0.15) is 0 Å². The van der Waals surface area contributed by atoms with Crippen molar-refractivity contribution in [3.05, 3.63) is 289 Å². The third-order valence-electron chi connectivity index (χ3n) is 14.1. The fourth-order valence-electron chi connectivity index (χ4n) is 10.9. The van der Waals surface area contributed by atoms with E-state index in [4.69, 9.17) is 6.58 Å². The van der Waals surface area contributed by atoms with E-state index in [2.05, 4.69) is 264 Å². The first kappa shape index (κ1) is 40.3. The van der Waals surface area contributed by atoms with Crippen molar-refractivity contribution < 1.29 is 0 Å². The van der Waals surface area contributed by atoms with Crippen LogP contribution in [0, 0.1) is 0 Å². The number of hydrogen-bond acceptors (Lipinski definition) is 1. The third-order valence-corrected chi connectivity index (χ3v) is 14.1. The molecule has 1 aromatic heterocycles. The second-order valence-electron chi connectivity index (χ2n) is 18.1. The number of hydrogen-bond donors (Lipinski definition) is 0. The predicted octanol–water partition coefficient (Wildman–Crippen LogP) is 17.9. The maximum atomic E-state index is 4.74. The molecule has 0 saturated heterocycles. The van der Waals surface area contributed by atoms with E-state index >= 15 is 0 Å². The highest BCUT2D eigenvalue weighted by Crippen LogP contribution is 2.52. The average molecular weight is 879 g/mol. The zero-order valence-electron chi connectivity index (χ0n) is 38.1. The van der Waals surface area contributed by atoms with E-state index in [9.17, 15) is 0 Å². The van der Waals surface area contributed by atoms with E-state index in [0.717, 1.165) is 34.7 Å². The zero-order valence-corrected chi connectivity index (χ0v) is 38.1. The summed E-state index contributed by atoms with van der Waals surface area (Å²) in [7, 11) is 0. The van der Waals surface area contributed by atoms with Gasteiger partial charge in [0.05, 0.1) is 11.0 Å². The molecule has 0 saturated carbocycles. The largest absolute Gasteiger partial charge is 0.310 e. The molecule has 2 aliphatic carbocycles. The molecule has 0 amide bonds. The molecular formula is C67H46N2. The summed E-state index contributed by atoms with van der Waals surface area (Å²) in [5, 5.41) is 4.87. The molecule has 11 aromatic rings. The van der Waals surface area contributed by atoms with Gasteiger partial charge in [0, 0.05) is 33.5 Å². The molecule has 2 aliphatic rings. The molecule has 0 N–H and O–H groups in total. The van der Waals surface area contributed by atoms with Crippen molar-refractivity contribution in [2.24, 2.45) is 0 Å². The van der Waals surface area contributed by atoms with Crippen LogP contribution in [0.5, 0.6) is 0 Å². The SMILES string of the molecule is C=C1/C=C\C=C/Cc2ccccc2/C1=C1\c2ccccc2-c2ccc(N(c3ccc(-c4cccc(-c5ccccc5)c4)cc3)c3ccc4c(c3)c3ccccc3n4-c3ccc4ccccc4c3)cc21. The Hall–Kier alpha value is -8.98. The Labute approximate surface area is 403 Å². The van der Waals surface area contributed by atoms with Crippen molar-refractivity contribution in [3.8, 4) is 39.1 Å². The van der Waals surface area contributed by atoms with Crippen molar-refractivity contribution in [1.29, 1.82) is 0 Å². The molecule has 0 bridgehead atoms. The van der Waals surface area contributed by atoms with E-state index in [1.807, 2.05) is 0 Å². The molecule has 0 unspecified atom stereocenters. The smallest absolute Gasteiger partial charge is 0.0542 e. The lowest BCUT2D eigenvalue weighted by atomic mass is 9.86. The summed E-state index contributed by atoms with van der Waals surface area (Å²) in [5.41, 5.74) is 22.3. The summed E-state index contributed by atoms with van der Waals surface area (Å²) in [6.45, 7) is 4.74. The van der Waals surface area contributed by atoms with Gasteiger partial charge < -0.3 is 9.47 Å². The van der Waals surface area contributed by atoms with Gasteiger partial charge in [-0.2, -0.15) is 0 Å². The molecule has 0 atom stereocenters. The molecule has 0 fully saturated rings. The summed E-state index contributed by atoms with van der Waals surface area (Å²) < 4.78 is 2.42. The Kier molecular flexibility index (Phi) is 9.77. The lowest BCUT2D eigenvalue weighted by Crippen LogP contribution is -2.10. The topological polar surface area (TPSA) is 8.17 Å². The van der Waals surface area contributed by atoms with Crippen LogP contribution in [0.25, 0.3) is 82.8 Å². The van der Waals surface area contributed by atoms with Crippen LogP contribution < -0.4 is 4.90 Å². The molecule has 13 rings (SSSR count). The minimum atomic E-state index is 0.846. The Morgan fingerprint density at radius 1 is 0.377 bits per heavy atom. The zero-order chi connectivity index (χ0) is 45.8. The van der Waals surface area contributed by atoms with Gasteiger partial charge in [-0.15, -0.1) is 0 Å². The van der Waals surface area contributed by atoms with Crippen LogP contribution in [-0.2, 0) is 6.42 Å². The quantitative estimate of drug-likeness (QED) is 0.162. The van der Waals surface area contributed by atoms with Crippen molar-refractivity contribution in [2.75, 3.05) is 4.90 Å². The molecule has 324 valence electrons. The first-order chi connectivity index (χ1) is 34.1. The molecule has 0 spiro atoms. The van der Waals surface area contributed by atoms with Gasteiger partial charge in [0.2, 0.25) is 0 Å². The summed E-state index contributed by atoms with van der Waals surface area (Å²) in [6, 6.07) is 84.6. The normalized spacial score (nSPS) is 15.0. The number of anilines is 3. The number of aromatic nitrogens is 1. The molecule has 2 nitrogen and oxygen atoms in total.